The van der Waals surface area contributed by atoms with Crippen LogP contribution in [0.2, 0.25) is 0 Å². The van der Waals surface area contributed by atoms with Crippen LogP contribution in [0.25, 0.3) is 5.65 Å². The molecule has 2 aromatic heterocycles. The van der Waals surface area contributed by atoms with Gasteiger partial charge in [-0.2, -0.15) is 0 Å². The Morgan fingerprint density at radius 1 is 1.39 bits per heavy atom. The molecule has 4 nitrogen and oxygen atoms in total. The lowest BCUT2D eigenvalue weighted by Gasteiger charge is -2.22. The van der Waals surface area contributed by atoms with E-state index in [1.54, 1.807) is 10.7 Å². The molecule has 2 aromatic rings. The van der Waals surface area contributed by atoms with Crippen molar-refractivity contribution in [1.82, 2.24) is 14.6 Å². The van der Waals surface area contributed by atoms with E-state index in [0.29, 0.717) is 11.6 Å². The van der Waals surface area contributed by atoms with Gasteiger partial charge in [0.1, 0.15) is 0 Å². The van der Waals surface area contributed by atoms with Crippen LogP contribution in [0.3, 0.4) is 0 Å². The highest BCUT2D eigenvalue weighted by molar-refractivity contribution is 9.10. The fraction of sp³-hybridized carbons (Fsp3) is 0.538. The van der Waals surface area contributed by atoms with Crippen LogP contribution in [0.15, 0.2) is 15.5 Å². The zero-order valence-corrected chi connectivity index (χ0v) is 12.0. The summed E-state index contributed by atoms with van der Waals surface area (Å²) >= 11 is 3.40. The molecule has 0 spiro atoms. The number of hydrogen-bond donors (Lipinski definition) is 1. The number of H-pyrrole nitrogens is 1. The number of fused-ring (bicyclic) bond motifs is 1. The molecule has 1 aliphatic rings. The van der Waals surface area contributed by atoms with Crippen LogP contribution >= 0.6 is 15.9 Å². The SMILES string of the molecule is Cc1nc2c(Br)c[nH]n2c(=O)c1C1CCCCC1. The first-order chi connectivity index (χ1) is 8.68. The van der Waals surface area contributed by atoms with E-state index in [9.17, 15) is 4.79 Å². The minimum absolute atomic E-state index is 0.0649. The molecule has 0 bridgehead atoms. The van der Waals surface area contributed by atoms with Gasteiger partial charge < -0.3 is 0 Å². The van der Waals surface area contributed by atoms with Crippen molar-refractivity contribution in [2.24, 2.45) is 0 Å². The molecule has 0 unspecified atom stereocenters. The quantitative estimate of drug-likeness (QED) is 0.879. The van der Waals surface area contributed by atoms with Crippen molar-refractivity contribution in [3.8, 4) is 0 Å². The average Bonchev–Trinajstić information content (AvgIpc) is 2.73. The Kier molecular flexibility index (Phi) is 3.01. The summed E-state index contributed by atoms with van der Waals surface area (Å²) in [7, 11) is 0. The third kappa shape index (κ3) is 1.81. The van der Waals surface area contributed by atoms with Gasteiger partial charge in [-0.05, 0) is 41.6 Å². The average molecular weight is 310 g/mol. The minimum Gasteiger partial charge on any atom is -0.296 e. The van der Waals surface area contributed by atoms with Crippen LogP contribution in [-0.4, -0.2) is 14.6 Å². The van der Waals surface area contributed by atoms with E-state index in [1.807, 2.05) is 6.92 Å². The van der Waals surface area contributed by atoms with E-state index in [4.69, 9.17) is 0 Å². The fourth-order valence-corrected chi connectivity index (χ4v) is 3.34. The second-order valence-corrected chi connectivity index (χ2v) is 5.89. The monoisotopic (exact) mass is 309 g/mol. The summed E-state index contributed by atoms with van der Waals surface area (Å²) in [4.78, 5) is 17.1. The third-order valence-electron chi connectivity index (χ3n) is 3.86. The molecule has 0 aliphatic heterocycles. The number of nitrogens with one attached hydrogen (secondary N) is 1. The Balaban J connectivity index is 2.19. The Morgan fingerprint density at radius 3 is 2.83 bits per heavy atom. The van der Waals surface area contributed by atoms with Crippen LogP contribution in [-0.2, 0) is 0 Å². The third-order valence-corrected chi connectivity index (χ3v) is 4.44. The molecular formula is C13H16BrN3O. The topological polar surface area (TPSA) is 50.2 Å². The fourth-order valence-electron chi connectivity index (χ4n) is 2.97. The second-order valence-electron chi connectivity index (χ2n) is 5.03. The van der Waals surface area contributed by atoms with E-state index in [0.717, 1.165) is 28.6 Å². The summed E-state index contributed by atoms with van der Waals surface area (Å²) in [6, 6.07) is 0. The maximum Gasteiger partial charge on any atom is 0.276 e. The molecule has 1 aliphatic carbocycles. The van der Waals surface area contributed by atoms with Gasteiger partial charge in [0.25, 0.3) is 5.56 Å². The van der Waals surface area contributed by atoms with E-state index < -0.39 is 0 Å². The lowest BCUT2D eigenvalue weighted by atomic mass is 9.84. The first-order valence-corrected chi connectivity index (χ1v) is 7.24. The summed E-state index contributed by atoms with van der Waals surface area (Å²) in [5, 5.41) is 2.96. The first-order valence-electron chi connectivity index (χ1n) is 6.44. The van der Waals surface area contributed by atoms with Gasteiger partial charge in [0, 0.05) is 17.5 Å². The van der Waals surface area contributed by atoms with Crippen LogP contribution < -0.4 is 5.56 Å². The summed E-state index contributed by atoms with van der Waals surface area (Å²) in [6.45, 7) is 1.95. The molecule has 1 fully saturated rings. The first kappa shape index (κ1) is 12.0. The van der Waals surface area contributed by atoms with Crippen molar-refractivity contribution in [2.45, 2.75) is 44.9 Å². The Morgan fingerprint density at radius 2 is 2.11 bits per heavy atom. The summed E-state index contributed by atoms with van der Waals surface area (Å²) in [6.07, 6.45) is 7.73. The molecule has 2 heterocycles. The highest BCUT2D eigenvalue weighted by atomic mass is 79.9. The van der Waals surface area contributed by atoms with Gasteiger partial charge in [-0.15, -0.1) is 0 Å². The van der Waals surface area contributed by atoms with Gasteiger partial charge in [-0.25, -0.2) is 9.50 Å². The van der Waals surface area contributed by atoms with Crippen molar-refractivity contribution in [1.29, 1.82) is 0 Å². The largest absolute Gasteiger partial charge is 0.296 e. The van der Waals surface area contributed by atoms with Crippen molar-refractivity contribution in [3.05, 3.63) is 32.3 Å². The zero-order valence-electron chi connectivity index (χ0n) is 10.4. The van der Waals surface area contributed by atoms with E-state index in [2.05, 4.69) is 26.0 Å². The molecule has 18 heavy (non-hydrogen) atoms. The summed E-state index contributed by atoms with van der Waals surface area (Å²) < 4.78 is 2.37. The maximum atomic E-state index is 12.5. The number of halogens is 1. The molecular weight excluding hydrogens is 294 g/mol. The van der Waals surface area contributed by atoms with Crippen LogP contribution in [0.4, 0.5) is 0 Å². The second kappa shape index (κ2) is 4.53. The molecule has 1 N–H and O–H groups in total. The number of aryl methyl sites for hydroxylation is 1. The van der Waals surface area contributed by atoms with Crippen molar-refractivity contribution in [2.75, 3.05) is 0 Å². The molecule has 0 atom stereocenters. The smallest absolute Gasteiger partial charge is 0.276 e. The van der Waals surface area contributed by atoms with E-state index in [-0.39, 0.29) is 5.56 Å². The predicted molar refractivity (Wildman–Crippen MR) is 74.1 cm³/mol. The normalized spacial score (nSPS) is 17.4. The van der Waals surface area contributed by atoms with E-state index in [1.165, 1.54) is 19.3 Å². The molecule has 0 aromatic carbocycles. The van der Waals surface area contributed by atoms with Gasteiger partial charge in [0.15, 0.2) is 5.65 Å². The van der Waals surface area contributed by atoms with Crippen molar-refractivity contribution >= 4 is 21.6 Å². The highest BCUT2D eigenvalue weighted by Crippen LogP contribution is 2.32. The number of aromatic nitrogens is 3. The Labute approximate surface area is 114 Å². The van der Waals surface area contributed by atoms with Crippen LogP contribution in [0.1, 0.15) is 49.3 Å². The molecule has 0 radical (unpaired) electrons. The number of rotatable bonds is 1. The lowest BCUT2D eigenvalue weighted by Crippen LogP contribution is -2.25. The lowest BCUT2D eigenvalue weighted by molar-refractivity contribution is 0.437. The van der Waals surface area contributed by atoms with Crippen molar-refractivity contribution in [3.63, 3.8) is 0 Å². The van der Waals surface area contributed by atoms with Gasteiger partial charge in [0.05, 0.1) is 4.47 Å². The molecule has 96 valence electrons. The summed E-state index contributed by atoms with van der Waals surface area (Å²) in [5.74, 6) is 0.387. The maximum absolute atomic E-state index is 12.5. The molecule has 1 saturated carbocycles. The number of aromatic amines is 1. The van der Waals surface area contributed by atoms with Gasteiger partial charge in [-0.1, -0.05) is 19.3 Å². The Bertz CT molecular complexity index is 637. The minimum atomic E-state index is 0.0649. The Hall–Kier alpha value is -1.10. The molecule has 3 rings (SSSR count). The van der Waals surface area contributed by atoms with Gasteiger partial charge in [0.2, 0.25) is 0 Å². The van der Waals surface area contributed by atoms with Gasteiger partial charge >= 0.3 is 0 Å². The standard InChI is InChI=1S/C13H16BrN3O/c1-8-11(9-5-3-2-4-6-9)13(18)17-12(16-8)10(14)7-15-17/h7,9,15H,2-6H2,1H3. The predicted octanol–water partition coefficient (Wildman–Crippen LogP) is 3.14. The zero-order chi connectivity index (χ0) is 12.7. The van der Waals surface area contributed by atoms with Crippen molar-refractivity contribution < 1.29 is 0 Å². The van der Waals surface area contributed by atoms with E-state index >= 15 is 0 Å². The van der Waals surface area contributed by atoms with Crippen LogP contribution in [0, 0.1) is 6.92 Å². The van der Waals surface area contributed by atoms with Gasteiger partial charge in [-0.3, -0.25) is 9.89 Å². The highest BCUT2D eigenvalue weighted by Gasteiger charge is 2.23. The molecule has 0 amide bonds. The number of hydrogen-bond acceptors (Lipinski definition) is 2. The summed E-state index contributed by atoms with van der Waals surface area (Å²) in [5.41, 5.74) is 2.53. The molecule has 5 heteroatoms. The van der Waals surface area contributed by atoms with Crippen LogP contribution in [0.5, 0.6) is 0 Å². The molecule has 0 saturated heterocycles. The number of nitrogens with zero attached hydrogens (tertiary/aromatic N) is 2.